The fourth-order valence-electron chi connectivity index (χ4n) is 2.03. The van der Waals surface area contributed by atoms with E-state index in [0.717, 1.165) is 10.9 Å². The van der Waals surface area contributed by atoms with Crippen molar-refractivity contribution in [1.82, 2.24) is 5.32 Å². The summed E-state index contributed by atoms with van der Waals surface area (Å²) in [7, 11) is 0. The third-order valence-electron chi connectivity index (χ3n) is 2.98. The summed E-state index contributed by atoms with van der Waals surface area (Å²) in [6.45, 7) is 1.20. The Morgan fingerprint density at radius 1 is 1.10 bits per heavy atom. The lowest BCUT2D eigenvalue weighted by atomic mass is 10.1. The minimum Gasteiger partial charge on any atom is -0.394 e. The van der Waals surface area contributed by atoms with Gasteiger partial charge in [-0.05, 0) is 16.3 Å². The number of hydrogen-bond donors (Lipinski definition) is 2. The molecule has 0 aromatic heterocycles. The maximum Gasteiger partial charge on any atom is 0.224 e. The highest BCUT2D eigenvalue weighted by Crippen LogP contribution is 2.15. The van der Waals surface area contributed by atoms with Crippen LogP contribution < -0.4 is 5.32 Å². The third-order valence-corrected chi connectivity index (χ3v) is 2.98. The molecule has 2 N–H and O–H groups in total. The molecule has 4 nitrogen and oxygen atoms in total. The van der Waals surface area contributed by atoms with Gasteiger partial charge in [0.15, 0.2) is 0 Å². The lowest BCUT2D eigenvalue weighted by molar-refractivity contribution is -0.120. The van der Waals surface area contributed by atoms with Crippen molar-refractivity contribution in [1.29, 1.82) is 0 Å². The zero-order chi connectivity index (χ0) is 14.2. The van der Waals surface area contributed by atoms with E-state index in [4.69, 9.17) is 9.84 Å². The number of nitrogens with one attached hydrogen (secondary N) is 1. The van der Waals surface area contributed by atoms with Crippen molar-refractivity contribution >= 4 is 16.7 Å². The zero-order valence-corrected chi connectivity index (χ0v) is 11.3. The number of benzene rings is 2. The second-order valence-corrected chi connectivity index (χ2v) is 4.54. The van der Waals surface area contributed by atoms with Crippen molar-refractivity contribution in [2.45, 2.75) is 6.42 Å². The Hall–Kier alpha value is -1.91. The summed E-state index contributed by atoms with van der Waals surface area (Å²) in [5.41, 5.74) is 0.998. The van der Waals surface area contributed by atoms with Gasteiger partial charge in [0.1, 0.15) is 0 Å². The molecule has 106 valence electrons. The van der Waals surface area contributed by atoms with Gasteiger partial charge in [0, 0.05) is 6.54 Å². The molecule has 0 atom stereocenters. The van der Waals surface area contributed by atoms with Crippen LogP contribution in [0.3, 0.4) is 0 Å². The van der Waals surface area contributed by atoms with E-state index in [1.54, 1.807) is 0 Å². The lowest BCUT2D eigenvalue weighted by Gasteiger charge is -2.06. The first-order valence-electron chi connectivity index (χ1n) is 6.72. The molecule has 4 heteroatoms. The molecule has 2 rings (SSSR count). The third kappa shape index (κ3) is 4.33. The molecule has 20 heavy (non-hydrogen) atoms. The maximum absolute atomic E-state index is 11.8. The van der Waals surface area contributed by atoms with Gasteiger partial charge in [-0.3, -0.25) is 4.79 Å². The molecule has 2 aromatic carbocycles. The number of amides is 1. The minimum atomic E-state index is -0.0205. The van der Waals surface area contributed by atoms with Crippen molar-refractivity contribution in [3.05, 3.63) is 48.0 Å². The summed E-state index contributed by atoms with van der Waals surface area (Å²) in [6.07, 6.45) is 0.366. The van der Waals surface area contributed by atoms with Gasteiger partial charge in [0.2, 0.25) is 5.91 Å². The standard InChI is InChI=1S/C16H19NO3/c18-8-10-20-9-7-17-16(19)12-13-5-6-14-3-1-2-4-15(14)11-13/h1-6,11,18H,7-10,12H2,(H,17,19). The second-order valence-electron chi connectivity index (χ2n) is 4.54. The fraction of sp³-hybridized carbons (Fsp3) is 0.312. The van der Waals surface area contributed by atoms with Crippen LogP contribution in [0.5, 0.6) is 0 Å². The van der Waals surface area contributed by atoms with Crippen molar-refractivity contribution in [3.63, 3.8) is 0 Å². The van der Waals surface area contributed by atoms with Crippen LogP contribution >= 0.6 is 0 Å². The van der Waals surface area contributed by atoms with Gasteiger partial charge in [-0.25, -0.2) is 0 Å². The average Bonchev–Trinajstić information content (AvgIpc) is 2.47. The highest BCUT2D eigenvalue weighted by Gasteiger charge is 2.03. The van der Waals surface area contributed by atoms with Crippen molar-refractivity contribution in [3.8, 4) is 0 Å². The van der Waals surface area contributed by atoms with E-state index < -0.39 is 0 Å². The monoisotopic (exact) mass is 273 g/mol. The second kappa shape index (κ2) is 7.62. The molecule has 0 aliphatic heterocycles. The average molecular weight is 273 g/mol. The predicted octanol–water partition coefficient (Wildman–Crippen LogP) is 1.51. The molecular weight excluding hydrogens is 254 g/mol. The SMILES string of the molecule is O=C(Cc1ccc2ccccc2c1)NCCOCCO. The molecule has 0 aliphatic rings. The summed E-state index contributed by atoms with van der Waals surface area (Å²) in [5, 5.41) is 13.7. The first-order chi connectivity index (χ1) is 9.79. The Kier molecular flexibility index (Phi) is 5.53. The smallest absolute Gasteiger partial charge is 0.224 e. The largest absolute Gasteiger partial charge is 0.394 e. The molecule has 0 heterocycles. The molecule has 0 fully saturated rings. The maximum atomic E-state index is 11.8. The van der Waals surface area contributed by atoms with Crippen molar-refractivity contribution in [2.75, 3.05) is 26.4 Å². The Morgan fingerprint density at radius 2 is 1.90 bits per heavy atom. The summed E-state index contributed by atoms with van der Waals surface area (Å²) >= 11 is 0. The van der Waals surface area contributed by atoms with E-state index in [1.165, 1.54) is 5.39 Å². The van der Waals surface area contributed by atoms with Gasteiger partial charge in [-0.2, -0.15) is 0 Å². The Balaban J connectivity index is 1.83. The fourth-order valence-corrected chi connectivity index (χ4v) is 2.03. The van der Waals surface area contributed by atoms with Gasteiger partial charge < -0.3 is 15.2 Å². The number of fused-ring (bicyclic) bond motifs is 1. The Bertz CT molecular complexity index is 568. The number of rotatable bonds is 7. The molecule has 1 amide bonds. The van der Waals surface area contributed by atoms with E-state index in [9.17, 15) is 4.79 Å². The van der Waals surface area contributed by atoms with E-state index >= 15 is 0 Å². The molecular formula is C16H19NO3. The van der Waals surface area contributed by atoms with Crippen LogP contribution in [0.2, 0.25) is 0 Å². The highest BCUT2D eigenvalue weighted by molar-refractivity contribution is 5.85. The van der Waals surface area contributed by atoms with Crippen LogP contribution in [-0.2, 0) is 16.0 Å². The van der Waals surface area contributed by atoms with Gasteiger partial charge in [0.05, 0.1) is 26.2 Å². The van der Waals surface area contributed by atoms with Crippen molar-refractivity contribution < 1.29 is 14.6 Å². The summed E-state index contributed by atoms with van der Waals surface area (Å²) in [6, 6.07) is 14.1. The van der Waals surface area contributed by atoms with Gasteiger partial charge in [-0.1, -0.05) is 42.5 Å². The first kappa shape index (κ1) is 14.5. The molecule has 0 saturated heterocycles. The Labute approximate surface area is 118 Å². The Morgan fingerprint density at radius 3 is 2.70 bits per heavy atom. The van der Waals surface area contributed by atoms with Crippen LogP contribution in [0, 0.1) is 0 Å². The van der Waals surface area contributed by atoms with E-state index in [1.807, 2.05) is 36.4 Å². The summed E-state index contributed by atoms with van der Waals surface area (Å²) < 4.78 is 5.08. The topological polar surface area (TPSA) is 58.6 Å². The van der Waals surface area contributed by atoms with Gasteiger partial charge >= 0.3 is 0 Å². The predicted molar refractivity (Wildman–Crippen MR) is 78.6 cm³/mol. The molecule has 2 aromatic rings. The number of carbonyl (C=O) groups excluding carboxylic acids is 1. The number of aliphatic hydroxyl groups excluding tert-OH is 1. The van der Waals surface area contributed by atoms with Crippen LogP contribution in [0.25, 0.3) is 10.8 Å². The number of hydrogen-bond acceptors (Lipinski definition) is 3. The lowest BCUT2D eigenvalue weighted by Crippen LogP contribution is -2.28. The van der Waals surface area contributed by atoms with E-state index in [0.29, 0.717) is 26.2 Å². The number of ether oxygens (including phenoxy) is 1. The van der Waals surface area contributed by atoms with E-state index in [2.05, 4.69) is 11.4 Å². The quantitative estimate of drug-likeness (QED) is 0.752. The van der Waals surface area contributed by atoms with Gasteiger partial charge in [-0.15, -0.1) is 0 Å². The highest BCUT2D eigenvalue weighted by atomic mass is 16.5. The number of aliphatic hydroxyl groups is 1. The number of carbonyl (C=O) groups is 1. The molecule has 0 aliphatic carbocycles. The van der Waals surface area contributed by atoms with Crippen LogP contribution in [0.4, 0.5) is 0 Å². The van der Waals surface area contributed by atoms with E-state index in [-0.39, 0.29) is 12.5 Å². The zero-order valence-electron chi connectivity index (χ0n) is 11.3. The molecule has 0 spiro atoms. The summed E-state index contributed by atoms with van der Waals surface area (Å²) in [5.74, 6) is -0.0205. The van der Waals surface area contributed by atoms with Gasteiger partial charge in [0.25, 0.3) is 0 Å². The summed E-state index contributed by atoms with van der Waals surface area (Å²) in [4.78, 5) is 11.8. The first-order valence-corrected chi connectivity index (χ1v) is 6.72. The minimum absolute atomic E-state index is 0.00500. The molecule has 0 unspecified atom stereocenters. The normalized spacial score (nSPS) is 10.7. The van der Waals surface area contributed by atoms with Crippen molar-refractivity contribution in [2.24, 2.45) is 0 Å². The molecule has 0 saturated carbocycles. The van der Waals surface area contributed by atoms with Crippen LogP contribution in [-0.4, -0.2) is 37.4 Å². The molecule has 0 bridgehead atoms. The van der Waals surface area contributed by atoms with Crippen LogP contribution in [0.15, 0.2) is 42.5 Å². The molecule has 0 radical (unpaired) electrons. The van der Waals surface area contributed by atoms with Crippen LogP contribution in [0.1, 0.15) is 5.56 Å².